The van der Waals surface area contributed by atoms with Gasteiger partial charge in [0.1, 0.15) is 4.75 Å². The number of methoxy groups -OCH3 is 1. The van der Waals surface area contributed by atoms with Crippen LogP contribution in [0.2, 0.25) is 5.02 Å². The summed E-state index contributed by atoms with van der Waals surface area (Å²) in [6.45, 7) is 1.99. The molecule has 2 aromatic rings. The van der Waals surface area contributed by atoms with Crippen LogP contribution in [0.5, 0.6) is 0 Å². The van der Waals surface area contributed by atoms with E-state index in [2.05, 4.69) is 0 Å². The molecule has 0 spiro atoms. The lowest BCUT2D eigenvalue weighted by molar-refractivity contribution is -0.151. The minimum absolute atomic E-state index is 0.602. The highest BCUT2D eigenvalue weighted by Crippen LogP contribution is 2.46. The molecule has 0 saturated heterocycles. The molecule has 0 heterocycles. The van der Waals surface area contributed by atoms with Crippen LogP contribution in [0.15, 0.2) is 54.6 Å². The molecule has 0 radical (unpaired) electrons. The van der Waals surface area contributed by atoms with Crippen LogP contribution < -0.4 is 0 Å². The average molecular weight is 351 g/mol. The van der Waals surface area contributed by atoms with Crippen molar-refractivity contribution in [1.82, 2.24) is 0 Å². The number of carbonyl (C=O) groups is 1. The highest BCUT2D eigenvalue weighted by atomic mass is 35.5. The van der Waals surface area contributed by atoms with E-state index in [0.717, 1.165) is 11.1 Å². The van der Waals surface area contributed by atoms with Gasteiger partial charge in [-0.1, -0.05) is 61.0 Å². The second-order valence-electron chi connectivity index (χ2n) is 4.97. The number of thioether (sulfide) groups is 1. The Balaban J connectivity index is 2.69. The van der Waals surface area contributed by atoms with Crippen LogP contribution in [0.1, 0.15) is 18.1 Å². The van der Waals surface area contributed by atoms with Crippen LogP contribution in [0.3, 0.4) is 0 Å². The Morgan fingerprint density at radius 3 is 2.26 bits per heavy atom. The van der Waals surface area contributed by atoms with Crippen molar-refractivity contribution in [2.75, 3.05) is 12.9 Å². The smallest absolute Gasteiger partial charge is 0.336 e. The highest BCUT2D eigenvalue weighted by molar-refractivity contribution is 8.00. The predicted molar refractivity (Wildman–Crippen MR) is 94.8 cm³/mol. The molecule has 0 unspecified atom stereocenters. The van der Waals surface area contributed by atoms with Crippen molar-refractivity contribution in [3.8, 4) is 0 Å². The maximum atomic E-state index is 12.1. The number of benzene rings is 2. The largest absolute Gasteiger partial charge is 0.467 e. The Morgan fingerprint density at radius 1 is 1.17 bits per heavy atom. The first kappa shape index (κ1) is 17.9. The van der Waals surface area contributed by atoms with Gasteiger partial charge in [0.15, 0.2) is 6.10 Å². The summed E-state index contributed by atoms with van der Waals surface area (Å²) in [6, 6.07) is 16.7. The van der Waals surface area contributed by atoms with Crippen molar-refractivity contribution >= 4 is 29.3 Å². The SMILES string of the molecule is CCS[C@@](c1ccccc1)(c1ccc(Cl)cc1)[C@H](O)C(=O)OC. The fourth-order valence-corrected chi connectivity index (χ4v) is 4.06. The van der Waals surface area contributed by atoms with Gasteiger partial charge in [-0.15, -0.1) is 11.8 Å². The summed E-state index contributed by atoms with van der Waals surface area (Å²) in [6.07, 6.45) is -1.33. The van der Waals surface area contributed by atoms with E-state index in [1.54, 1.807) is 12.1 Å². The van der Waals surface area contributed by atoms with Gasteiger partial charge in [0.25, 0.3) is 0 Å². The van der Waals surface area contributed by atoms with E-state index in [-0.39, 0.29) is 0 Å². The molecule has 5 heteroatoms. The Morgan fingerprint density at radius 2 is 1.74 bits per heavy atom. The van der Waals surface area contributed by atoms with Crippen molar-refractivity contribution in [2.24, 2.45) is 0 Å². The fraction of sp³-hybridized carbons (Fsp3) is 0.278. The third kappa shape index (κ3) is 3.55. The molecule has 2 rings (SSSR count). The number of ether oxygens (including phenoxy) is 1. The lowest BCUT2D eigenvalue weighted by Crippen LogP contribution is -2.44. The summed E-state index contributed by atoms with van der Waals surface area (Å²) >= 11 is 7.49. The summed E-state index contributed by atoms with van der Waals surface area (Å²) in [4.78, 5) is 12.1. The second-order valence-corrected chi connectivity index (χ2v) is 6.91. The van der Waals surface area contributed by atoms with Gasteiger partial charge in [-0.05, 0) is 29.0 Å². The Bertz CT molecular complexity index is 645. The van der Waals surface area contributed by atoms with Gasteiger partial charge in [0.05, 0.1) is 7.11 Å². The van der Waals surface area contributed by atoms with Gasteiger partial charge in [0.2, 0.25) is 0 Å². The highest BCUT2D eigenvalue weighted by Gasteiger charge is 2.46. The van der Waals surface area contributed by atoms with Crippen molar-refractivity contribution < 1.29 is 14.6 Å². The van der Waals surface area contributed by atoms with E-state index in [4.69, 9.17) is 16.3 Å². The van der Waals surface area contributed by atoms with Crippen molar-refractivity contribution in [3.63, 3.8) is 0 Å². The Kier molecular flexibility index (Phi) is 6.10. The number of aliphatic hydroxyl groups excluding tert-OH is 1. The number of hydrogen-bond donors (Lipinski definition) is 1. The third-order valence-electron chi connectivity index (χ3n) is 3.66. The van der Waals surface area contributed by atoms with Gasteiger partial charge in [0, 0.05) is 5.02 Å². The zero-order valence-electron chi connectivity index (χ0n) is 13.0. The maximum Gasteiger partial charge on any atom is 0.336 e. The topological polar surface area (TPSA) is 46.5 Å². The van der Waals surface area contributed by atoms with Crippen LogP contribution in [0.4, 0.5) is 0 Å². The molecule has 3 nitrogen and oxygen atoms in total. The molecule has 0 saturated carbocycles. The maximum absolute atomic E-state index is 12.1. The molecule has 0 amide bonds. The van der Waals surface area contributed by atoms with E-state index < -0.39 is 16.8 Å². The first-order chi connectivity index (χ1) is 11.1. The second kappa shape index (κ2) is 7.86. The molecule has 2 aromatic carbocycles. The number of rotatable bonds is 6. The summed E-state index contributed by atoms with van der Waals surface area (Å²) in [7, 11) is 1.28. The first-order valence-electron chi connectivity index (χ1n) is 7.27. The number of hydrogen-bond acceptors (Lipinski definition) is 4. The molecule has 122 valence electrons. The lowest BCUT2D eigenvalue weighted by atomic mass is 9.85. The third-order valence-corrected chi connectivity index (χ3v) is 5.35. The van der Waals surface area contributed by atoms with E-state index in [1.807, 2.05) is 49.4 Å². The Hall–Kier alpha value is -1.49. The van der Waals surface area contributed by atoms with Gasteiger partial charge in [-0.2, -0.15) is 0 Å². The quantitative estimate of drug-likeness (QED) is 0.803. The van der Waals surface area contributed by atoms with E-state index in [0.29, 0.717) is 10.8 Å². The van der Waals surface area contributed by atoms with Crippen LogP contribution in [-0.2, 0) is 14.3 Å². The minimum atomic E-state index is -1.33. The minimum Gasteiger partial charge on any atom is -0.467 e. The molecule has 0 aromatic heterocycles. The van der Waals surface area contributed by atoms with Gasteiger partial charge >= 0.3 is 5.97 Å². The fourth-order valence-electron chi connectivity index (χ4n) is 2.62. The Labute approximate surface area is 145 Å². The molecule has 23 heavy (non-hydrogen) atoms. The van der Waals surface area contributed by atoms with Gasteiger partial charge in [-0.25, -0.2) is 4.79 Å². The molecule has 0 fully saturated rings. The van der Waals surface area contributed by atoms with Crippen LogP contribution in [-0.4, -0.2) is 30.0 Å². The predicted octanol–water partition coefficient (Wildman–Crippen LogP) is 3.87. The molecular formula is C18H19ClO3S. The molecule has 2 atom stereocenters. The van der Waals surface area contributed by atoms with E-state index in [9.17, 15) is 9.90 Å². The number of aliphatic hydroxyl groups is 1. The molecule has 1 N–H and O–H groups in total. The van der Waals surface area contributed by atoms with Gasteiger partial charge < -0.3 is 9.84 Å². The monoisotopic (exact) mass is 350 g/mol. The van der Waals surface area contributed by atoms with Crippen molar-refractivity contribution in [3.05, 3.63) is 70.7 Å². The zero-order valence-corrected chi connectivity index (χ0v) is 14.6. The van der Waals surface area contributed by atoms with E-state index in [1.165, 1.54) is 18.9 Å². The number of esters is 1. The summed E-state index contributed by atoms with van der Waals surface area (Å²) in [5.41, 5.74) is 1.64. The van der Waals surface area contributed by atoms with E-state index >= 15 is 0 Å². The standard InChI is InChI=1S/C18H19ClO3S/c1-3-23-18(16(20)17(21)22-2,13-7-5-4-6-8-13)14-9-11-15(19)12-10-14/h4-12,16,20H,3H2,1-2H3/t16-,18+/m1/s1. The molecular weight excluding hydrogens is 332 g/mol. The summed E-state index contributed by atoms with van der Waals surface area (Å²) < 4.78 is 3.85. The lowest BCUT2D eigenvalue weighted by Gasteiger charge is -2.37. The van der Waals surface area contributed by atoms with Crippen molar-refractivity contribution in [1.29, 1.82) is 0 Å². The van der Waals surface area contributed by atoms with Crippen LogP contribution in [0, 0.1) is 0 Å². The number of halogens is 1. The van der Waals surface area contributed by atoms with Crippen LogP contribution in [0.25, 0.3) is 0 Å². The number of carbonyl (C=O) groups excluding carboxylic acids is 1. The molecule has 0 aliphatic carbocycles. The first-order valence-corrected chi connectivity index (χ1v) is 8.64. The van der Waals surface area contributed by atoms with Crippen molar-refractivity contribution in [2.45, 2.75) is 17.8 Å². The zero-order chi connectivity index (χ0) is 16.9. The normalized spacial score (nSPS) is 14.8. The summed E-state index contributed by atoms with van der Waals surface area (Å²) in [5.74, 6) is 0.0516. The van der Waals surface area contributed by atoms with Gasteiger partial charge in [-0.3, -0.25) is 0 Å². The molecule has 0 aliphatic heterocycles. The molecule has 0 aliphatic rings. The molecule has 0 bridgehead atoms. The summed E-state index contributed by atoms with van der Waals surface area (Å²) in [5, 5.41) is 11.4. The van der Waals surface area contributed by atoms with Crippen LogP contribution >= 0.6 is 23.4 Å². The average Bonchev–Trinajstić information content (AvgIpc) is 2.60.